The van der Waals surface area contributed by atoms with Crippen molar-refractivity contribution in [2.45, 2.75) is 25.8 Å². The third kappa shape index (κ3) is 3.68. The summed E-state index contributed by atoms with van der Waals surface area (Å²) >= 11 is 0. The number of nitrogens with one attached hydrogen (secondary N) is 1. The van der Waals surface area contributed by atoms with Crippen molar-refractivity contribution in [2.75, 3.05) is 5.32 Å². The van der Waals surface area contributed by atoms with Crippen LogP contribution in [0.2, 0.25) is 0 Å². The van der Waals surface area contributed by atoms with Gasteiger partial charge in [0.05, 0.1) is 17.4 Å². The van der Waals surface area contributed by atoms with Crippen LogP contribution in [-0.4, -0.2) is 21.7 Å². The van der Waals surface area contributed by atoms with Gasteiger partial charge in [-0.1, -0.05) is 30.3 Å². The monoisotopic (exact) mass is 272 g/mol. The Hall–Kier alpha value is -2.14. The second-order valence-electron chi connectivity index (χ2n) is 4.92. The second kappa shape index (κ2) is 6.34. The van der Waals surface area contributed by atoms with Crippen LogP contribution in [0.5, 0.6) is 0 Å². The molecule has 1 aromatic heterocycles. The van der Waals surface area contributed by atoms with E-state index in [2.05, 4.69) is 10.4 Å². The molecule has 106 valence electrons. The van der Waals surface area contributed by atoms with E-state index in [0.717, 1.165) is 12.1 Å². The molecule has 0 aliphatic rings. The van der Waals surface area contributed by atoms with Gasteiger partial charge in [-0.15, -0.1) is 0 Å². The lowest BCUT2D eigenvalue weighted by atomic mass is 10.1. The summed E-state index contributed by atoms with van der Waals surface area (Å²) in [5.74, 6) is -0.169. The van der Waals surface area contributed by atoms with E-state index in [-0.39, 0.29) is 5.91 Å². The second-order valence-corrected chi connectivity index (χ2v) is 4.92. The van der Waals surface area contributed by atoms with Crippen LogP contribution in [-0.2, 0) is 18.3 Å². The number of hydrogen-bond donors (Lipinski definition) is 2. The molecule has 0 saturated heterocycles. The molecule has 0 aliphatic heterocycles. The summed E-state index contributed by atoms with van der Waals surface area (Å²) in [5.41, 5.74) is 8.62. The number of rotatable bonds is 5. The van der Waals surface area contributed by atoms with Gasteiger partial charge in [-0.3, -0.25) is 9.48 Å². The van der Waals surface area contributed by atoms with E-state index in [9.17, 15) is 4.79 Å². The molecule has 3 N–H and O–H groups in total. The van der Waals surface area contributed by atoms with Crippen LogP contribution in [0.25, 0.3) is 0 Å². The molecule has 0 spiro atoms. The number of aromatic nitrogens is 2. The third-order valence-corrected chi connectivity index (χ3v) is 3.19. The first-order valence-electron chi connectivity index (χ1n) is 6.67. The average molecular weight is 272 g/mol. The topological polar surface area (TPSA) is 72.9 Å². The van der Waals surface area contributed by atoms with Crippen LogP contribution in [0.3, 0.4) is 0 Å². The summed E-state index contributed by atoms with van der Waals surface area (Å²) in [6, 6.07) is 9.50. The van der Waals surface area contributed by atoms with Gasteiger partial charge in [0.25, 0.3) is 0 Å². The molecule has 2 rings (SSSR count). The number of nitrogens with two attached hydrogens (primary N) is 1. The Morgan fingerprint density at radius 3 is 2.70 bits per heavy atom. The Morgan fingerprint density at radius 1 is 1.40 bits per heavy atom. The van der Waals surface area contributed by atoms with Crippen LogP contribution in [0.15, 0.2) is 36.5 Å². The number of nitrogens with zero attached hydrogens (tertiary/aromatic N) is 2. The Bertz CT molecular complexity index is 577. The maximum absolute atomic E-state index is 12.0. The zero-order valence-corrected chi connectivity index (χ0v) is 11.8. The molecule has 1 heterocycles. The van der Waals surface area contributed by atoms with Crippen molar-refractivity contribution >= 4 is 11.6 Å². The van der Waals surface area contributed by atoms with Crippen LogP contribution in [0, 0.1) is 6.92 Å². The van der Waals surface area contributed by atoms with E-state index in [0.29, 0.717) is 12.1 Å². The number of anilines is 1. The number of aryl methyl sites for hydroxylation is 3. The molecule has 20 heavy (non-hydrogen) atoms. The smallest absolute Gasteiger partial charge is 0.241 e. The van der Waals surface area contributed by atoms with Gasteiger partial charge in [-0.25, -0.2) is 0 Å². The summed E-state index contributed by atoms with van der Waals surface area (Å²) in [4.78, 5) is 12.0. The van der Waals surface area contributed by atoms with Crippen LogP contribution < -0.4 is 11.1 Å². The Balaban J connectivity index is 1.87. The molecule has 1 unspecified atom stereocenters. The minimum Gasteiger partial charge on any atom is -0.322 e. The minimum absolute atomic E-state index is 0.169. The first-order chi connectivity index (χ1) is 9.56. The summed E-state index contributed by atoms with van der Waals surface area (Å²) in [5, 5.41) is 7.00. The Kier molecular flexibility index (Phi) is 4.53. The quantitative estimate of drug-likeness (QED) is 0.869. The highest BCUT2D eigenvalue weighted by atomic mass is 16.2. The van der Waals surface area contributed by atoms with E-state index >= 15 is 0 Å². The first kappa shape index (κ1) is 14.3. The molecule has 0 saturated carbocycles. The molecule has 0 aliphatic carbocycles. The van der Waals surface area contributed by atoms with E-state index in [4.69, 9.17) is 5.73 Å². The third-order valence-electron chi connectivity index (χ3n) is 3.19. The number of hydrogen-bond acceptors (Lipinski definition) is 3. The van der Waals surface area contributed by atoms with Crippen molar-refractivity contribution in [3.05, 3.63) is 47.8 Å². The average Bonchev–Trinajstić information content (AvgIpc) is 2.75. The van der Waals surface area contributed by atoms with Gasteiger partial charge in [0.2, 0.25) is 5.91 Å². The highest BCUT2D eigenvalue weighted by molar-refractivity contribution is 5.94. The molecule has 0 bridgehead atoms. The van der Waals surface area contributed by atoms with Gasteiger partial charge in [-0.05, 0) is 25.3 Å². The van der Waals surface area contributed by atoms with Crippen LogP contribution in [0.1, 0.15) is 17.7 Å². The number of amides is 1. The molecule has 1 amide bonds. The summed E-state index contributed by atoms with van der Waals surface area (Å²) in [7, 11) is 1.82. The Morgan fingerprint density at radius 2 is 2.10 bits per heavy atom. The van der Waals surface area contributed by atoms with Crippen LogP contribution in [0.4, 0.5) is 5.69 Å². The molecule has 0 radical (unpaired) electrons. The van der Waals surface area contributed by atoms with Crippen molar-refractivity contribution in [2.24, 2.45) is 12.8 Å². The van der Waals surface area contributed by atoms with Gasteiger partial charge >= 0.3 is 0 Å². The molecular weight excluding hydrogens is 252 g/mol. The highest BCUT2D eigenvalue weighted by Crippen LogP contribution is 2.12. The van der Waals surface area contributed by atoms with Gasteiger partial charge < -0.3 is 11.1 Å². The zero-order chi connectivity index (χ0) is 14.5. The summed E-state index contributed by atoms with van der Waals surface area (Å²) < 4.78 is 1.67. The summed E-state index contributed by atoms with van der Waals surface area (Å²) in [6.07, 6.45) is 3.19. The maximum Gasteiger partial charge on any atom is 0.241 e. The van der Waals surface area contributed by atoms with Gasteiger partial charge in [0.1, 0.15) is 0 Å². The molecule has 2 aromatic rings. The van der Waals surface area contributed by atoms with E-state index in [1.807, 2.05) is 44.3 Å². The lowest BCUT2D eigenvalue weighted by Gasteiger charge is -2.11. The van der Waals surface area contributed by atoms with Gasteiger partial charge in [0, 0.05) is 13.2 Å². The predicted octanol–water partition coefficient (Wildman–Crippen LogP) is 1.63. The van der Waals surface area contributed by atoms with Crippen molar-refractivity contribution in [1.82, 2.24) is 9.78 Å². The predicted molar refractivity (Wildman–Crippen MR) is 79.3 cm³/mol. The lowest BCUT2D eigenvalue weighted by molar-refractivity contribution is -0.117. The van der Waals surface area contributed by atoms with E-state index in [1.165, 1.54) is 5.56 Å². The molecule has 5 nitrogen and oxygen atoms in total. The minimum atomic E-state index is -0.519. The van der Waals surface area contributed by atoms with E-state index < -0.39 is 6.04 Å². The van der Waals surface area contributed by atoms with Gasteiger partial charge in [0.15, 0.2) is 0 Å². The number of carbonyl (C=O) groups is 1. The maximum atomic E-state index is 12.0. The fourth-order valence-corrected chi connectivity index (χ4v) is 2.05. The number of carbonyl (C=O) groups excluding carboxylic acids is 1. The molecule has 1 atom stereocenters. The Labute approximate surface area is 118 Å². The van der Waals surface area contributed by atoms with E-state index in [1.54, 1.807) is 10.9 Å². The molecule has 5 heteroatoms. The molecule has 1 aromatic carbocycles. The van der Waals surface area contributed by atoms with Crippen molar-refractivity contribution < 1.29 is 4.79 Å². The van der Waals surface area contributed by atoms with Crippen LogP contribution >= 0.6 is 0 Å². The highest BCUT2D eigenvalue weighted by Gasteiger charge is 2.15. The van der Waals surface area contributed by atoms with Crippen molar-refractivity contribution in [1.29, 1.82) is 0 Å². The van der Waals surface area contributed by atoms with Crippen molar-refractivity contribution in [3.63, 3.8) is 0 Å². The fourth-order valence-electron chi connectivity index (χ4n) is 2.05. The lowest BCUT2D eigenvalue weighted by Crippen LogP contribution is -2.36. The van der Waals surface area contributed by atoms with Crippen molar-refractivity contribution in [3.8, 4) is 0 Å². The standard InChI is InChI=1S/C15H20N4O/c1-11-14(10-19(2)18-11)17-15(20)13(16)9-8-12-6-4-3-5-7-12/h3-7,10,13H,8-9,16H2,1-2H3,(H,17,20). The van der Waals surface area contributed by atoms with Gasteiger partial charge in [-0.2, -0.15) is 5.10 Å². The number of benzene rings is 1. The largest absolute Gasteiger partial charge is 0.322 e. The zero-order valence-electron chi connectivity index (χ0n) is 11.8. The SMILES string of the molecule is Cc1nn(C)cc1NC(=O)C(N)CCc1ccccc1. The summed E-state index contributed by atoms with van der Waals surface area (Å²) in [6.45, 7) is 1.85. The molecule has 0 fully saturated rings. The molecular formula is C15H20N4O. The first-order valence-corrected chi connectivity index (χ1v) is 6.67. The fraction of sp³-hybridized carbons (Fsp3) is 0.333. The normalized spacial score (nSPS) is 12.2.